The summed E-state index contributed by atoms with van der Waals surface area (Å²) in [4.78, 5) is 26.2. The van der Waals surface area contributed by atoms with Gasteiger partial charge in [-0.2, -0.15) is 5.10 Å². The Labute approximate surface area is 214 Å². The summed E-state index contributed by atoms with van der Waals surface area (Å²) < 4.78 is 54.3. The van der Waals surface area contributed by atoms with Crippen molar-refractivity contribution in [3.63, 3.8) is 0 Å². The minimum atomic E-state index is -0.720. The van der Waals surface area contributed by atoms with Gasteiger partial charge in [0.25, 0.3) is 5.91 Å². The van der Waals surface area contributed by atoms with Crippen molar-refractivity contribution in [3.05, 3.63) is 69.6 Å². The number of hydrogen-bond acceptors (Lipinski definition) is 5. The second-order valence-corrected chi connectivity index (χ2v) is 9.28. The van der Waals surface area contributed by atoms with E-state index in [2.05, 4.69) is 10.4 Å². The number of aryl methyl sites for hydroxylation is 1. The van der Waals surface area contributed by atoms with Gasteiger partial charge in [0.15, 0.2) is 6.10 Å². The third-order valence-corrected chi connectivity index (χ3v) is 6.84. The van der Waals surface area contributed by atoms with Crippen LogP contribution in [0.1, 0.15) is 34.6 Å². The molecule has 2 aliphatic rings. The van der Waals surface area contributed by atoms with Crippen molar-refractivity contribution in [2.75, 3.05) is 19.7 Å². The molecule has 0 spiro atoms. The van der Waals surface area contributed by atoms with Crippen LogP contribution < -0.4 is 10.1 Å². The van der Waals surface area contributed by atoms with Crippen LogP contribution in [0.2, 0.25) is 5.02 Å². The zero-order chi connectivity index (χ0) is 26.4. The monoisotopic (exact) mass is 534 g/mol. The summed E-state index contributed by atoms with van der Waals surface area (Å²) in [5.41, 5.74) is 2.17. The Morgan fingerprint density at radius 1 is 1.19 bits per heavy atom. The molecule has 1 N–H and O–H groups in total. The average molecular weight is 535 g/mol. The molecule has 0 radical (unpaired) electrons. The van der Waals surface area contributed by atoms with Crippen molar-refractivity contribution >= 4 is 23.6 Å². The van der Waals surface area contributed by atoms with E-state index in [0.717, 1.165) is 23.8 Å². The van der Waals surface area contributed by atoms with Crippen molar-refractivity contribution in [1.82, 2.24) is 20.0 Å². The van der Waals surface area contributed by atoms with Crippen LogP contribution in [0.15, 0.2) is 30.3 Å². The fourth-order valence-electron chi connectivity index (χ4n) is 4.76. The highest BCUT2D eigenvalue weighted by Gasteiger charge is 2.35. The molecule has 194 valence electrons. The molecule has 8 nitrogen and oxygen atoms in total. The maximum Gasteiger partial charge on any atom is 0.407 e. The first-order valence-electron chi connectivity index (χ1n) is 11.5. The number of cyclic esters (lactones) is 1. The Morgan fingerprint density at radius 3 is 2.57 bits per heavy atom. The van der Waals surface area contributed by atoms with Gasteiger partial charge in [0.05, 0.1) is 34.6 Å². The molecule has 0 aliphatic carbocycles. The quantitative estimate of drug-likeness (QED) is 0.524. The summed E-state index contributed by atoms with van der Waals surface area (Å²) in [5, 5.41) is 6.94. The number of nitrogens with one attached hydrogen (secondary N) is 1. The fourth-order valence-corrected chi connectivity index (χ4v) is 5.00. The molecule has 3 aromatic rings. The number of aromatic nitrogens is 2. The summed E-state index contributed by atoms with van der Waals surface area (Å²) >= 11 is 6.44. The lowest BCUT2D eigenvalue weighted by molar-refractivity contribution is 0.0672. The molecule has 0 saturated carbocycles. The van der Waals surface area contributed by atoms with Gasteiger partial charge in [0, 0.05) is 36.9 Å². The molecule has 12 heteroatoms. The number of carbonyl (C=O) groups is 2. The van der Waals surface area contributed by atoms with Crippen LogP contribution in [0.3, 0.4) is 0 Å². The number of fused-ring (bicyclic) bond motifs is 1. The zero-order valence-corrected chi connectivity index (χ0v) is 20.6. The third-order valence-electron chi connectivity index (χ3n) is 6.45. The van der Waals surface area contributed by atoms with Gasteiger partial charge in [-0.3, -0.25) is 9.48 Å². The van der Waals surface area contributed by atoms with E-state index in [1.807, 2.05) is 0 Å². The maximum atomic E-state index is 14.5. The van der Waals surface area contributed by atoms with E-state index in [1.165, 1.54) is 21.7 Å². The van der Waals surface area contributed by atoms with Crippen LogP contribution in [0.25, 0.3) is 11.3 Å². The van der Waals surface area contributed by atoms with E-state index >= 15 is 0 Å². The van der Waals surface area contributed by atoms with Crippen LogP contribution in [-0.2, 0) is 18.2 Å². The first-order valence-corrected chi connectivity index (χ1v) is 11.9. The minimum absolute atomic E-state index is 0.0495. The minimum Gasteiger partial charge on any atom is -0.488 e. The van der Waals surface area contributed by atoms with Crippen molar-refractivity contribution < 1.29 is 32.2 Å². The first kappa shape index (κ1) is 24.9. The Bertz CT molecular complexity index is 1390. The molecule has 3 heterocycles. The summed E-state index contributed by atoms with van der Waals surface area (Å²) in [5.74, 6) is -2.70. The second kappa shape index (κ2) is 9.62. The van der Waals surface area contributed by atoms with E-state index in [4.69, 9.17) is 21.1 Å². The smallest absolute Gasteiger partial charge is 0.407 e. The van der Waals surface area contributed by atoms with Gasteiger partial charge in [-0.1, -0.05) is 11.6 Å². The molecule has 0 unspecified atom stereocenters. The van der Waals surface area contributed by atoms with Crippen molar-refractivity contribution in [2.45, 2.75) is 25.5 Å². The van der Waals surface area contributed by atoms with Crippen LogP contribution in [0.4, 0.5) is 18.0 Å². The second-order valence-electron chi connectivity index (χ2n) is 8.90. The Hall–Kier alpha value is -3.73. The summed E-state index contributed by atoms with van der Waals surface area (Å²) in [6.07, 6.45) is -0.784. The van der Waals surface area contributed by atoms with E-state index in [9.17, 15) is 22.8 Å². The number of ether oxygens (including phenoxy) is 2. The lowest BCUT2D eigenvalue weighted by Crippen LogP contribution is -2.39. The number of hydrogen-bond donors (Lipinski definition) is 1. The van der Waals surface area contributed by atoms with Crippen LogP contribution >= 0.6 is 11.6 Å². The molecule has 1 fully saturated rings. The molecule has 2 aromatic carbocycles. The van der Waals surface area contributed by atoms with E-state index < -0.39 is 41.6 Å². The number of alkyl carbamates (subject to hydrolysis) is 1. The molecule has 2 atom stereocenters. The highest BCUT2D eigenvalue weighted by atomic mass is 35.5. The molecule has 0 bridgehead atoms. The molecule has 1 saturated heterocycles. The van der Waals surface area contributed by atoms with E-state index in [1.54, 1.807) is 14.0 Å². The zero-order valence-electron chi connectivity index (χ0n) is 19.9. The van der Waals surface area contributed by atoms with Crippen molar-refractivity contribution in [1.29, 1.82) is 0 Å². The van der Waals surface area contributed by atoms with E-state index in [-0.39, 0.29) is 36.0 Å². The van der Waals surface area contributed by atoms with E-state index in [0.29, 0.717) is 23.4 Å². The summed E-state index contributed by atoms with van der Waals surface area (Å²) in [7, 11) is 1.67. The Balaban J connectivity index is 1.41. The SMILES string of the molecule is C[C@H]1c2nn(C)c(-c3cc(F)cc(F)c3)c2CCN1C(=O)c1cc(F)cc(OC[C@H]2CNC(=O)O2)c1Cl. The van der Waals surface area contributed by atoms with Gasteiger partial charge in [0.1, 0.15) is 29.8 Å². The lowest BCUT2D eigenvalue weighted by Gasteiger charge is -2.33. The number of benzene rings is 2. The van der Waals surface area contributed by atoms with Gasteiger partial charge in [-0.15, -0.1) is 0 Å². The Morgan fingerprint density at radius 2 is 1.89 bits per heavy atom. The average Bonchev–Trinajstić information content (AvgIpc) is 3.41. The largest absolute Gasteiger partial charge is 0.488 e. The highest BCUT2D eigenvalue weighted by Crippen LogP contribution is 2.38. The molecular formula is C25H22ClF3N4O4. The molecule has 1 aromatic heterocycles. The third kappa shape index (κ3) is 4.71. The number of amides is 2. The highest BCUT2D eigenvalue weighted by molar-refractivity contribution is 6.35. The maximum absolute atomic E-state index is 14.5. The lowest BCUT2D eigenvalue weighted by atomic mass is 9.95. The standard InChI is InChI=1S/C25H22ClF3N4O4/c1-12-22-18(23(32(2)31-22)13-5-14(27)7-15(28)6-13)3-4-33(12)24(34)19-8-16(29)9-20(21(19)26)36-11-17-10-30-25(35)37-17/h5-9,12,17H,3-4,10-11H2,1-2H3,(H,30,35)/t12-,17+/m0/s1. The number of nitrogens with zero attached hydrogens (tertiary/aromatic N) is 3. The fraction of sp³-hybridized carbons (Fsp3) is 0.320. The van der Waals surface area contributed by atoms with Gasteiger partial charge >= 0.3 is 6.09 Å². The van der Waals surface area contributed by atoms with Crippen molar-refractivity contribution in [3.8, 4) is 17.0 Å². The predicted octanol–water partition coefficient (Wildman–Crippen LogP) is 4.40. The first-order chi connectivity index (χ1) is 17.6. The summed E-state index contributed by atoms with van der Waals surface area (Å²) in [6.45, 7) is 2.18. The molecule has 2 aliphatic heterocycles. The normalized spacial score (nSPS) is 18.9. The van der Waals surface area contributed by atoms with Gasteiger partial charge in [-0.25, -0.2) is 18.0 Å². The molecular weight excluding hydrogens is 513 g/mol. The molecule has 5 rings (SSSR count). The van der Waals surface area contributed by atoms with Crippen LogP contribution in [0, 0.1) is 17.5 Å². The Kier molecular flexibility index (Phi) is 6.49. The van der Waals surface area contributed by atoms with Crippen molar-refractivity contribution in [2.24, 2.45) is 7.05 Å². The van der Waals surface area contributed by atoms with Gasteiger partial charge in [0.2, 0.25) is 0 Å². The van der Waals surface area contributed by atoms with Crippen LogP contribution in [-0.4, -0.2) is 52.5 Å². The number of rotatable bonds is 5. The van der Waals surface area contributed by atoms with Gasteiger partial charge in [-0.05, 0) is 31.5 Å². The van der Waals surface area contributed by atoms with Crippen LogP contribution in [0.5, 0.6) is 5.75 Å². The summed E-state index contributed by atoms with van der Waals surface area (Å²) in [6, 6.07) is 4.84. The topological polar surface area (TPSA) is 85.7 Å². The number of carbonyl (C=O) groups excluding carboxylic acids is 2. The molecule has 37 heavy (non-hydrogen) atoms. The molecule has 2 amide bonds. The van der Waals surface area contributed by atoms with Gasteiger partial charge < -0.3 is 19.7 Å². The number of halogens is 4. The predicted molar refractivity (Wildman–Crippen MR) is 127 cm³/mol.